The van der Waals surface area contributed by atoms with E-state index in [-0.39, 0.29) is 10.8 Å². The zero-order chi connectivity index (χ0) is 19.3. The van der Waals surface area contributed by atoms with Crippen LogP contribution in [0.15, 0.2) is 47.4 Å². The van der Waals surface area contributed by atoms with Crippen LogP contribution in [0.4, 0.5) is 14.5 Å². The highest BCUT2D eigenvalue weighted by atomic mass is 32.2. The van der Waals surface area contributed by atoms with Crippen LogP contribution in [0.1, 0.15) is 30.6 Å². The summed E-state index contributed by atoms with van der Waals surface area (Å²) in [6, 6.07) is 8.14. The van der Waals surface area contributed by atoms with E-state index >= 15 is 0 Å². The van der Waals surface area contributed by atoms with E-state index in [0.29, 0.717) is 18.0 Å². The fourth-order valence-corrected chi connectivity index (χ4v) is 3.23. The van der Waals surface area contributed by atoms with Gasteiger partial charge in [0, 0.05) is 12.1 Å². The predicted molar refractivity (Wildman–Crippen MR) is 95.4 cm³/mol. The molecule has 0 saturated carbocycles. The third-order valence-corrected chi connectivity index (χ3v) is 5.00. The Balaban J connectivity index is 2.12. The molecule has 2 aromatic carbocycles. The van der Waals surface area contributed by atoms with Crippen LogP contribution in [0.5, 0.6) is 0 Å². The Kier molecular flexibility index (Phi) is 6.31. The average molecular weight is 382 g/mol. The Morgan fingerprint density at radius 1 is 1.04 bits per heavy atom. The minimum absolute atomic E-state index is 0.209. The summed E-state index contributed by atoms with van der Waals surface area (Å²) in [6.07, 6.45) is 0.830. The summed E-state index contributed by atoms with van der Waals surface area (Å²) in [5, 5.41) is 2.74. The zero-order valence-corrected chi connectivity index (χ0v) is 15.2. The number of para-hydroxylation sites is 1. The molecule has 0 aliphatic rings. The van der Waals surface area contributed by atoms with Crippen LogP contribution in [0.3, 0.4) is 0 Å². The molecule has 0 fully saturated rings. The molecule has 140 valence electrons. The second-order valence-electron chi connectivity index (χ2n) is 6.16. The number of sulfonamides is 1. The van der Waals surface area contributed by atoms with Gasteiger partial charge in [-0.15, -0.1) is 0 Å². The number of nitrogens with one attached hydrogen (secondary N) is 2. The molecule has 2 rings (SSSR count). The number of rotatable bonds is 7. The van der Waals surface area contributed by atoms with Crippen molar-refractivity contribution in [2.45, 2.75) is 25.2 Å². The highest BCUT2D eigenvalue weighted by Crippen LogP contribution is 2.22. The number of hydrogen-bond donors (Lipinski definition) is 2. The number of amides is 1. The monoisotopic (exact) mass is 382 g/mol. The first-order valence-electron chi connectivity index (χ1n) is 8.06. The third kappa shape index (κ3) is 5.01. The van der Waals surface area contributed by atoms with Gasteiger partial charge in [-0.3, -0.25) is 9.52 Å². The Labute approximate surface area is 151 Å². The van der Waals surface area contributed by atoms with E-state index in [0.717, 1.165) is 24.6 Å². The third-order valence-electron chi connectivity index (χ3n) is 3.63. The summed E-state index contributed by atoms with van der Waals surface area (Å²) in [5.74, 6) is -1.90. The van der Waals surface area contributed by atoms with Crippen LogP contribution >= 0.6 is 0 Å². The van der Waals surface area contributed by atoms with E-state index in [2.05, 4.69) is 5.32 Å². The van der Waals surface area contributed by atoms with Gasteiger partial charge in [0.25, 0.3) is 15.9 Å². The molecule has 0 unspecified atom stereocenters. The SMILES string of the molecule is CC(C)CCNC(=O)c1ccc(S(=O)(=O)Nc2c(F)cccc2F)cc1. The molecule has 0 saturated heterocycles. The quantitative estimate of drug-likeness (QED) is 0.769. The lowest BCUT2D eigenvalue weighted by Gasteiger charge is -2.11. The smallest absolute Gasteiger partial charge is 0.262 e. The van der Waals surface area contributed by atoms with Crippen molar-refractivity contribution in [1.29, 1.82) is 0 Å². The molecule has 8 heteroatoms. The summed E-state index contributed by atoms with van der Waals surface area (Å²) in [6.45, 7) is 4.60. The molecular formula is C18H20F2N2O3S. The highest BCUT2D eigenvalue weighted by Gasteiger charge is 2.19. The lowest BCUT2D eigenvalue weighted by Crippen LogP contribution is -2.25. The van der Waals surface area contributed by atoms with Crippen LogP contribution in [-0.2, 0) is 10.0 Å². The molecule has 0 heterocycles. The molecule has 0 spiro atoms. The van der Waals surface area contributed by atoms with Gasteiger partial charge in [-0.25, -0.2) is 17.2 Å². The van der Waals surface area contributed by atoms with Crippen LogP contribution in [0.25, 0.3) is 0 Å². The van der Waals surface area contributed by atoms with E-state index < -0.39 is 27.3 Å². The second kappa shape index (κ2) is 8.27. The van der Waals surface area contributed by atoms with E-state index in [9.17, 15) is 22.0 Å². The van der Waals surface area contributed by atoms with Crippen molar-refractivity contribution in [3.8, 4) is 0 Å². The topological polar surface area (TPSA) is 75.3 Å². The first-order chi connectivity index (χ1) is 12.2. The summed E-state index contributed by atoms with van der Waals surface area (Å²) in [7, 11) is -4.19. The zero-order valence-electron chi connectivity index (χ0n) is 14.4. The van der Waals surface area contributed by atoms with E-state index in [1.807, 2.05) is 18.6 Å². The van der Waals surface area contributed by atoms with Crippen LogP contribution in [0, 0.1) is 17.6 Å². The van der Waals surface area contributed by atoms with Gasteiger partial charge in [0.1, 0.15) is 17.3 Å². The molecule has 1 amide bonds. The number of hydrogen-bond acceptors (Lipinski definition) is 3. The first kappa shape index (κ1) is 19.8. The van der Waals surface area contributed by atoms with Gasteiger partial charge in [-0.05, 0) is 48.7 Å². The molecule has 0 radical (unpaired) electrons. The molecule has 0 aliphatic carbocycles. The Bertz CT molecular complexity index is 862. The summed E-state index contributed by atoms with van der Waals surface area (Å²) >= 11 is 0. The number of carbonyl (C=O) groups excluding carboxylic acids is 1. The maximum Gasteiger partial charge on any atom is 0.262 e. The van der Waals surface area contributed by atoms with Crippen molar-refractivity contribution in [2.24, 2.45) is 5.92 Å². The number of carbonyl (C=O) groups is 1. The lowest BCUT2D eigenvalue weighted by atomic mass is 10.1. The predicted octanol–water partition coefficient (Wildman–Crippen LogP) is 3.54. The van der Waals surface area contributed by atoms with Crippen molar-refractivity contribution in [1.82, 2.24) is 5.32 Å². The summed E-state index contributed by atoms with van der Waals surface area (Å²) in [4.78, 5) is 11.8. The molecule has 0 aromatic heterocycles. The molecule has 0 bridgehead atoms. The van der Waals surface area contributed by atoms with Crippen molar-refractivity contribution in [3.05, 3.63) is 59.7 Å². The minimum atomic E-state index is -4.19. The van der Waals surface area contributed by atoms with Crippen LogP contribution < -0.4 is 10.0 Å². The van der Waals surface area contributed by atoms with Crippen molar-refractivity contribution >= 4 is 21.6 Å². The van der Waals surface area contributed by atoms with Gasteiger partial charge in [0.15, 0.2) is 0 Å². The average Bonchev–Trinajstić information content (AvgIpc) is 2.58. The van der Waals surface area contributed by atoms with Crippen LogP contribution in [-0.4, -0.2) is 20.9 Å². The molecule has 0 aliphatic heterocycles. The van der Waals surface area contributed by atoms with Crippen LogP contribution in [0.2, 0.25) is 0 Å². The standard InChI is InChI=1S/C18H20F2N2O3S/c1-12(2)10-11-21-18(23)13-6-8-14(9-7-13)26(24,25)22-17-15(19)4-3-5-16(17)20/h3-9,12,22H,10-11H2,1-2H3,(H,21,23). The Morgan fingerprint density at radius 3 is 2.15 bits per heavy atom. The van der Waals surface area contributed by atoms with Gasteiger partial charge in [0.2, 0.25) is 0 Å². The van der Waals surface area contributed by atoms with Crippen molar-refractivity contribution in [3.63, 3.8) is 0 Å². The lowest BCUT2D eigenvalue weighted by molar-refractivity contribution is 0.0952. The Morgan fingerprint density at radius 2 is 1.62 bits per heavy atom. The maximum atomic E-state index is 13.6. The normalized spacial score (nSPS) is 11.4. The largest absolute Gasteiger partial charge is 0.352 e. The summed E-state index contributed by atoms with van der Waals surface area (Å²) in [5.41, 5.74) is -0.451. The molecular weight excluding hydrogens is 362 g/mol. The Hall–Kier alpha value is -2.48. The minimum Gasteiger partial charge on any atom is -0.352 e. The van der Waals surface area contributed by atoms with Gasteiger partial charge in [-0.1, -0.05) is 19.9 Å². The second-order valence-corrected chi connectivity index (χ2v) is 7.85. The van der Waals surface area contributed by atoms with Crippen molar-refractivity contribution in [2.75, 3.05) is 11.3 Å². The fourth-order valence-electron chi connectivity index (χ4n) is 2.15. The molecule has 0 atom stereocenters. The van der Waals surface area contributed by atoms with E-state index in [1.165, 1.54) is 24.3 Å². The van der Waals surface area contributed by atoms with E-state index in [1.54, 1.807) is 0 Å². The van der Waals surface area contributed by atoms with Gasteiger partial charge in [-0.2, -0.15) is 0 Å². The molecule has 5 nitrogen and oxygen atoms in total. The highest BCUT2D eigenvalue weighted by molar-refractivity contribution is 7.92. The fraction of sp³-hybridized carbons (Fsp3) is 0.278. The summed E-state index contributed by atoms with van der Waals surface area (Å²) < 4.78 is 53.7. The number of anilines is 1. The molecule has 2 aromatic rings. The van der Waals surface area contributed by atoms with Crippen molar-refractivity contribution < 1.29 is 22.0 Å². The first-order valence-corrected chi connectivity index (χ1v) is 9.54. The molecule has 26 heavy (non-hydrogen) atoms. The van der Waals surface area contributed by atoms with Gasteiger partial charge >= 0.3 is 0 Å². The number of benzene rings is 2. The van der Waals surface area contributed by atoms with Gasteiger partial charge < -0.3 is 5.32 Å². The maximum absolute atomic E-state index is 13.6. The molecule has 2 N–H and O–H groups in total. The number of halogens is 2. The van der Waals surface area contributed by atoms with Gasteiger partial charge in [0.05, 0.1) is 4.90 Å². The van der Waals surface area contributed by atoms with E-state index in [4.69, 9.17) is 0 Å².